The molecule has 0 aliphatic heterocycles. The quantitative estimate of drug-likeness (QED) is 0.676. The summed E-state index contributed by atoms with van der Waals surface area (Å²) in [6.45, 7) is 3.81. The van der Waals surface area contributed by atoms with Crippen LogP contribution in [-0.2, 0) is 17.6 Å². The lowest BCUT2D eigenvalue weighted by Crippen LogP contribution is -2.30. The fourth-order valence-corrected chi connectivity index (χ4v) is 4.15. The van der Waals surface area contributed by atoms with Gasteiger partial charge in [0.15, 0.2) is 6.10 Å². The predicted molar refractivity (Wildman–Crippen MR) is 112 cm³/mol. The van der Waals surface area contributed by atoms with E-state index >= 15 is 0 Å². The fraction of sp³-hybridized carbons (Fsp3) is 0.318. The summed E-state index contributed by atoms with van der Waals surface area (Å²) in [4.78, 5) is 12.6. The van der Waals surface area contributed by atoms with Gasteiger partial charge in [0.1, 0.15) is 10.8 Å². The van der Waals surface area contributed by atoms with Crippen LogP contribution in [0, 0.1) is 6.92 Å². The molecule has 0 saturated heterocycles. The van der Waals surface area contributed by atoms with E-state index < -0.39 is 6.10 Å². The molecular weight excluding hydrogens is 370 g/mol. The molecule has 1 aliphatic rings. The number of hydrogen-bond acceptors (Lipinski definition) is 5. The smallest absolute Gasteiger partial charge is 0.266 e. The molecule has 5 nitrogen and oxygen atoms in total. The highest BCUT2D eigenvalue weighted by Gasteiger charge is 2.20. The van der Waals surface area contributed by atoms with Gasteiger partial charge in [0.05, 0.1) is 0 Å². The molecule has 1 atom stereocenters. The fourth-order valence-electron chi connectivity index (χ4n) is 3.39. The maximum Gasteiger partial charge on any atom is 0.266 e. The van der Waals surface area contributed by atoms with Crippen LogP contribution in [0.25, 0.3) is 10.6 Å². The Morgan fingerprint density at radius 1 is 1.11 bits per heavy atom. The first-order valence-corrected chi connectivity index (χ1v) is 10.4. The molecule has 0 saturated carbocycles. The lowest BCUT2D eigenvalue weighted by atomic mass is 9.91. The summed E-state index contributed by atoms with van der Waals surface area (Å²) < 4.78 is 6.00. The molecule has 1 heterocycles. The molecule has 0 spiro atoms. The summed E-state index contributed by atoms with van der Waals surface area (Å²) in [5.74, 6) is 0.595. The van der Waals surface area contributed by atoms with Crippen LogP contribution in [0.15, 0.2) is 42.5 Å². The van der Waals surface area contributed by atoms with Crippen molar-refractivity contribution in [1.82, 2.24) is 10.2 Å². The van der Waals surface area contributed by atoms with Crippen molar-refractivity contribution in [2.75, 3.05) is 5.32 Å². The molecule has 0 bridgehead atoms. The van der Waals surface area contributed by atoms with Gasteiger partial charge in [-0.25, -0.2) is 0 Å². The first kappa shape index (κ1) is 18.6. The monoisotopic (exact) mass is 393 g/mol. The van der Waals surface area contributed by atoms with Gasteiger partial charge >= 0.3 is 0 Å². The van der Waals surface area contributed by atoms with Crippen LogP contribution in [0.4, 0.5) is 5.13 Å². The number of benzene rings is 2. The van der Waals surface area contributed by atoms with E-state index in [1.807, 2.05) is 43.3 Å². The van der Waals surface area contributed by atoms with Crippen LogP contribution < -0.4 is 10.1 Å². The average molecular weight is 394 g/mol. The molecule has 4 rings (SSSR count). The molecule has 28 heavy (non-hydrogen) atoms. The third kappa shape index (κ3) is 4.07. The topological polar surface area (TPSA) is 64.1 Å². The van der Waals surface area contributed by atoms with Crippen molar-refractivity contribution in [3.8, 4) is 16.3 Å². The van der Waals surface area contributed by atoms with Gasteiger partial charge in [-0.1, -0.05) is 53.3 Å². The molecule has 144 valence electrons. The number of nitrogens with one attached hydrogen (secondary N) is 1. The van der Waals surface area contributed by atoms with Gasteiger partial charge in [-0.15, -0.1) is 10.2 Å². The Labute approximate surface area is 168 Å². The van der Waals surface area contributed by atoms with Crippen LogP contribution in [0.2, 0.25) is 0 Å². The minimum Gasteiger partial charge on any atom is -0.481 e. The van der Waals surface area contributed by atoms with Crippen LogP contribution in [-0.4, -0.2) is 22.2 Å². The molecule has 6 heteroatoms. The maximum atomic E-state index is 12.6. The number of nitrogens with zero attached hydrogens (tertiary/aromatic N) is 2. The number of ether oxygens (including phenoxy) is 1. The lowest BCUT2D eigenvalue weighted by Gasteiger charge is -2.21. The first-order chi connectivity index (χ1) is 13.6. The van der Waals surface area contributed by atoms with Crippen LogP contribution in [0.1, 0.15) is 36.5 Å². The zero-order valence-electron chi connectivity index (χ0n) is 16.1. The van der Waals surface area contributed by atoms with Crippen molar-refractivity contribution in [3.63, 3.8) is 0 Å². The SMILES string of the molecule is Cc1ccc(-c2nnc(NC(=O)[C@@H](C)Oc3cccc4c3CCCC4)s2)cc1. The third-order valence-electron chi connectivity index (χ3n) is 4.98. The number of hydrogen-bond donors (Lipinski definition) is 1. The molecule has 0 unspecified atom stereocenters. The lowest BCUT2D eigenvalue weighted by molar-refractivity contribution is -0.122. The number of carbonyl (C=O) groups excluding carboxylic acids is 1. The van der Waals surface area contributed by atoms with Gasteiger partial charge < -0.3 is 4.74 Å². The zero-order valence-corrected chi connectivity index (χ0v) is 16.9. The molecule has 1 aliphatic carbocycles. The Kier molecular flexibility index (Phi) is 5.39. The second-order valence-electron chi connectivity index (χ2n) is 7.13. The van der Waals surface area contributed by atoms with Crippen LogP contribution in [0.5, 0.6) is 5.75 Å². The van der Waals surface area contributed by atoms with E-state index in [0.29, 0.717) is 5.13 Å². The second-order valence-corrected chi connectivity index (χ2v) is 8.11. The van der Waals surface area contributed by atoms with Crippen LogP contribution in [0.3, 0.4) is 0 Å². The van der Waals surface area contributed by atoms with Gasteiger partial charge in [0.25, 0.3) is 5.91 Å². The van der Waals surface area contributed by atoms with Gasteiger partial charge in [0.2, 0.25) is 5.13 Å². The Morgan fingerprint density at radius 2 is 1.89 bits per heavy atom. The predicted octanol–water partition coefficient (Wildman–Crippen LogP) is 4.80. The molecule has 2 aromatic carbocycles. The number of aromatic nitrogens is 2. The Morgan fingerprint density at radius 3 is 2.71 bits per heavy atom. The number of fused-ring (bicyclic) bond motifs is 1. The highest BCUT2D eigenvalue weighted by Crippen LogP contribution is 2.30. The first-order valence-electron chi connectivity index (χ1n) is 9.59. The van der Waals surface area contributed by atoms with Crippen molar-refractivity contribution in [2.24, 2.45) is 0 Å². The van der Waals surface area contributed by atoms with Gasteiger partial charge in [-0.05, 0) is 56.7 Å². The van der Waals surface area contributed by atoms with Crippen molar-refractivity contribution < 1.29 is 9.53 Å². The van der Waals surface area contributed by atoms with E-state index in [2.05, 4.69) is 21.6 Å². The number of carbonyl (C=O) groups is 1. The van der Waals surface area contributed by atoms with E-state index in [1.54, 1.807) is 6.92 Å². The summed E-state index contributed by atoms with van der Waals surface area (Å²) in [6.07, 6.45) is 3.86. The van der Waals surface area contributed by atoms with Crippen molar-refractivity contribution in [1.29, 1.82) is 0 Å². The Bertz CT molecular complexity index is 982. The maximum absolute atomic E-state index is 12.6. The van der Waals surface area contributed by atoms with Crippen molar-refractivity contribution >= 4 is 22.4 Å². The zero-order chi connectivity index (χ0) is 19.5. The number of anilines is 1. The number of amides is 1. The van der Waals surface area contributed by atoms with Crippen molar-refractivity contribution in [3.05, 3.63) is 59.2 Å². The van der Waals surface area contributed by atoms with E-state index in [0.717, 1.165) is 29.2 Å². The second kappa shape index (κ2) is 8.10. The van der Waals surface area contributed by atoms with Gasteiger partial charge in [-0.2, -0.15) is 0 Å². The molecule has 0 radical (unpaired) electrons. The largest absolute Gasteiger partial charge is 0.481 e. The molecule has 1 aromatic heterocycles. The number of rotatable bonds is 5. The van der Waals surface area contributed by atoms with E-state index in [9.17, 15) is 4.79 Å². The molecule has 0 fully saturated rings. The Balaban J connectivity index is 1.42. The molecule has 3 aromatic rings. The molecule has 1 amide bonds. The van der Waals surface area contributed by atoms with Crippen LogP contribution >= 0.6 is 11.3 Å². The summed E-state index contributed by atoms with van der Waals surface area (Å²) in [6, 6.07) is 14.2. The minimum absolute atomic E-state index is 0.222. The van der Waals surface area contributed by atoms with E-state index in [4.69, 9.17) is 4.74 Å². The third-order valence-corrected chi connectivity index (χ3v) is 5.87. The van der Waals surface area contributed by atoms with Crippen molar-refractivity contribution in [2.45, 2.75) is 45.6 Å². The highest BCUT2D eigenvalue weighted by atomic mass is 32.1. The number of aryl methyl sites for hydroxylation is 2. The van der Waals surface area contributed by atoms with E-state index in [-0.39, 0.29) is 5.91 Å². The van der Waals surface area contributed by atoms with Gasteiger partial charge in [0, 0.05) is 5.56 Å². The summed E-state index contributed by atoms with van der Waals surface area (Å²) in [5.41, 5.74) is 4.76. The molecular formula is C22H23N3O2S. The Hall–Kier alpha value is -2.73. The summed E-state index contributed by atoms with van der Waals surface area (Å²) in [5, 5.41) is 12.4. The highest BCUT2D eigenvalue weighted by molar-refractivity contribution is 7.18. The molecule has 1 N–H and O–H groups in total. The summed E-state index contributed by atoms with van der Waals surface area (Å²) in [7, 11) is 0. The normalized spacial score (nSPS) is 14.2. The standard InChI is InChI=1S/C22H23N3O2S/c1-14-10-12-17(13-11-14)21-24-25-22(28-21)23-20(26)15(2)27-19-9-5-7-16-6-3-4-8-18(16)19/h5,7,9-13,15H,3-4,6,8H2,1-2H3,(H,23,25,26)/t15-/m1/s1. The minimum atomic E-state index is -0.611. The van der Waals surface area contributed by atoms with Gasteiger partial charge in [-0.3, -0.25) is 10.1 Å². The van der Waals surface area contributed by atoms with E-state index in [1.165, 1.54) is 40.9 Å². The summed E-state index contributed by atoms with van der Waals surface area (Å²) >= 11 is 1.36. The average Bonchev–Trinajstić information content (AvgIpc) is 3.17.